The van der Waals surface area contributed by atoms with Crippen molar-refractivity contribution >= 4 is 5.97 Å². The van der Waals surface area contributed by atoms with Crippen molar-refractivity contribution in [2.45, 2.75) is 6.43 Å². The molecule has 0 bridgehead atoms. The Kier molecular flexibility index (Phi) is 3.29. The predicted molar refractivity (Wildman–Crippen MR) is 45.2 cm³/mol. The van der Waals surface area contributed by atoms with Gasteiger partial charge in [-0.1, -0.05) is 0 Å². The fourth-order valence-electron chi connectivity index (χ4n) is 1.05. The summed E-state index contributed by atoms with van der Waals surface area (Å²) in [6.07, 6.45) is -1.88. The summed E-state index contributed by atoms with van der Waals surface area (Å²) in [6.45, 7) is 0. The minimum Gasteiger partial charge on any atom is -0.465 e. The third-order valence-electron chi connectivity index (χ3n) is 1.70. The van der Waals surface area contributed by atoms with Crippen LogP contribution in [0.4, 0.5) is 8.78 Å². The first-order chi connectivity index (χ1) is 7.11. The number of nitrogens with zero attached hydrogens (tertiary/aromatic N) is 2. The molecule has 0 saturated carbocycles. The molecule has 0 N–H and O–H groups in total. The summed E-state index contributed by atoms with van der Waals surface area (Å²) in [6, 6.07) is 2.81. The molecular weight excluding hydrogens is 206 g/mol. The molecule has 0 unspecified atom stereocenters. The number of alkyl halides is 2. The van der Waals surface area contributed by atoms with Crippen LogP contribution in [0.2, 0.25) is 0 Å². The van der Waals surface area contributed by atoms with Gasteiger partial charge < -0.3 is 4.74 Å². The van der Waals surface area contributed by atoms with Crippen LogP contribution in [0.25, 0.3) is 0 Å². The zero-order valence-corrected chi connectivity index (χ0v) is 7.70. The number of rotatable bonds is 2. The molecule has 0 spiro atoms. The Morgan fingerprint density at radius 3 is 2.80 bits per heavy atom. The molecule has 6 heteroatoms. The minimum atomic E-state index is -2.92. The molecule has 0 saturated heterocycles. The molecule has 0 aliphatic carbocycles. The summed E-state index contributed by atoms with van der Waals surface area (Å²) in [7, 11) is 1.05. The standard InChI is InChI=1S/C9H6F2N2O2/c1-15-9(14)6-5(4-12)2-3-13-7(6)8(10)11/h2-3,8H,1H3. The van der Waals surface area contributed by atoms with Gasteiger partial charge in [-0.05, 0) is 6.07 Å². The van der Waals surface area contributed by atoms with Crippen molar-refractivity contribution < 1.29 is 18.3 Å². The van der Waals surface area contributed by atoms with E-state index >= 15 is 0 Å². The molecule has 0 aromatic carbocycles. The van der Waals surface area contributed by atoms with E-state index in [0.29, 0.717) is 0 Å². The molecule has 1 heterocycles. The number of hydrogen-bond donors (Lipinski definition) is 0. The molecule has 0 aliphatic heterocycles. The first-order valence-electron chi connectivity index (χ1n) is 3.87. The van der Waals surface area contributed by atoms with E-state index in [1.807, 2.05) is 0 Å². The molecule has 1 aromatic heterocycles. The van der Waals surface area contributed by atoms with Gasteiger partial charge in [0, 0.05) is 6.20 Å². The Balaban J connectivity index is 3.42. The van der Waals surface area contributed by atoms with Gasteiger partial charge in [-0.3, -0.25) is 4.98 Å². The molecule has 15 heavy (non-hydrogen) atoms. The van der Waals surface area contributed by atoms with Crippen molar-refractivity contribution in [3.8, 4) is 6.07 Å². The van der Waals surface area contributed by atoms with Crippen molar-refractivity contribution in [2.75, 3.05) is 7.11 Å². The quantitative estimate of drug-likeness (QED) is 0.699. The van der Waals surface area contributed by atoms with Gasteiger partial charge in [0.05, 0.1) is 12.7 Å². The number of carbonyl (C=O) groups excluding carboxylic acids is 1. The second kappa shape index (κ2) is 4.46. The van der Waals surface area contributed by atoms with Crippen LogP contribution in [-0.2, 0) is 4.74 Å². The molecule has 0 fully saturated rings. The molecule has 4 nitrogen and oxygen atoms in total. The molecule has 0 amide bonds. The smallest absolute Gasteiger partial charge is 0.341 e. The third-order valence-corrected chi connectivity index (χ3v) is 1.70. The number of pyridine rings is 1. The van der Waals surface area contributed by atoms with E-state index in [4.69, 9.17) is 5.26 Å². The van der Waals surface area contributed by atoms with E-state index in [1.54, 1.807) is 6.07 Å². The predicted octanol–water partition coefficient (Wildman–Crippen LogP) is 1.68. The van der Waals surface area contributed by atoms with Crippen molar-refractivity contribution in [3.63, 3.8) is 0 Å². The minimum absolute atomic E-state index is 0.174. The van der Waals surface area contributed by atoms with Gasteiger partial charge in [-0.2, -0.15) is 5.26 Å². The highest BCUT2D eigenvalue weighted by Crippen LogP contribution is 2.23. The normalized spacial score (nSPS) is 9.80. The second-order valence-corrected chi connectivity index (χ2v) is 2.52. The summed E-state index contributed by atoms with van der Waals surface area (Å²) in [4.78, 5) is 14.5. The summed E-state index contributed by atoms with van der Waals surface area (Å²) < 4.78 is 29.2. The summed E-state index contributed by atoms with van der Waals surface area (Å²) in [5.74, 6) is -0.991. The lowest BCUT2D eigenvalue weighted by Gasteiger charge is -2.06. The average molecular weight is 212 g/mol. The number of aromatic nitrogens is 1. The molecule has 0 radical (unpaired) electrons. The topological polar surface area (TPSA) is 63.0 Å². The maximum atomic E-state index is 12.5. The first-order valence-corrected chi connectivity index (χ1v) is 3.87. The van der Waals surface area contributed by atoms with Crippen molar-refractivity contribution in [1.29, 1.82) is 5.26 Å². The zero-order chi connectivity index (χ0) is 11.4. The van der Waals surface area contributed by atoms with E-state index < -0.39 is 23.7 Å². The highest BCUT2D eigenvalue weighted by atomic mass is 19.3. The lowest BCUT2D eigenvalue weighted by atomic mass is 10.1. The van der Waals surface area contributed by atoms with Gasteiger partial charge >= 0.3 is 5.97 Å². The van der Waals surface area contributed by atoms with Crippen LogP contribution in [0.1, 0.15) is 28.0 Å². The number of hydrogen-bond acceptors (Lipinski definition) is 4. The van der Waals surface area contributed by atoms with Crippen LogP contribution in [0.3, 0.4) is 0 Å². The number of methoxy groups -OCH3 is 1. The van der Waals surface area contributed by atoms with Gasteiger partial charge in [0.2, 0.25) is 0 Å². The van der Waals surface area contributed by atoms with Gasteiger partial charge in [-0.15, -0.1) is 0 Å². The number of ether oxygens (including phenoxy) is 1. The van der Waals surface area contributed by atoms with Crippen LogP contribution < -0.4 is 0 Å². The lowest BCUT2D eigenvalue weighted by molar-refractivity contribution is 0.0586. The van der Waals surface area contributed by atoms with Gasteiger partial charge in [0.25, 0.3) is 6.43 Å². The second-order valence-electron chi connectivity index (χ2n) is 2.52. The van der Waals surface area contributed by atoms with E-state index in [2.05, 4.69) is 9.72 Å². The fraction of sp³-hybridized carbons (Fsp3) is 0.222. The Hall–Kier alpha value is -2.03. The molecule has 1 aromatic rings. The number of nitriles is 1. The average Bonchev–Trinajstić information content (AvgIpc) is 2.26. The van der Waals surface area contributed by atoms with E-state index in [9.17, 15) is 13.6 Å². The first kappa shape index (κ1) is 11.0. The highest BCUT2D eigenvalue weighted by Gasteiger charge is 2.23. The molecule has 0 atom stereocenters. The SMILES string of the molecule is COC(=O)c1c(C#N)ccnc1C(F)F. The molecule has 0 aliphatic rings. The van der Waals surface area contributed by atoms with E-state index in [1.165, 1.54) is 6.07 Å². The maximum absolute atomic E-state index is 12.5. The Bertz CT molecular complexity index is 427. The fourth-order valence-corrected chi connectivity index (χ4v) is 1.05. The van der Waals surface area contributed by atoms with Gasteiger partial charge in [-0.25, -0.2) is 13.6 Å². The number of halogens is 2. The Morgan fingerprint density at radius 2 is 2.33 bits per heavy atom. The largest absolute Gasteiger partial charge is 0.465 e. The van der Waals surface area contributed by atoms with Crippen molar-refractivity contribution in [3.05, 3.63) is 29.1 Å². The number of esters is 1. The Labute approximate surface area is 84.1 Å². The lowest BCUT2D eigenvalue weighted by Crippen LogP contribution is -2.10. The highest BCUT2D eigenvalue weighted by molar-refractivity contribution is 5.93. The summed E-state index contributed by atoms with van der Waals surface area (Å²) in [5.41, 5.74) is -1.38. The monoisotopic (exact) mass is 212 g/mol. The van der Waals surface area contributed by atoms with Crippen molar-refractivity contribution in [2.24, 2.45) is 0 Å². The van der Waals surface area contributed by atoms with Crippen LogP contribution >= 0.6 is 0 Å². The Morgan fingerprint density at radius 1 is 1.67 bits per heavy atom. The molecular formula is C9H6F2N2O2. The van der Waals surface area contributed by atoms with Crippen LogP contribution in [-0.4, -0.2) is 18.1 Å². The van der Waals surface area contributed by atoms with E-state index in [0.717, 1.165) is 13.3 Å². The number of carbonyl (C=O) groups is 1. The van der Waals surface area contributed by atoms with Crippen LogP contribution in [0.15, 0.2) is 12.3 Å². The van der Waals surface area contributed by atoms with Crippen LogP contribution in [0, 0.1) is 11.3 Å². The summed E-state index contributed by atoms with van der Waals surface area (Å²) in [5, 5.41) is 8.64. The van der Waals surface area contributed by atoms with Gasteiger partial charge in [0.15, 0.2) is 0 Å². The maximum Gasteiger partial charge on any atom is 0.341 e. The van der Waals surface area contributed by atoms with Crippen LogP contribution in [0.5, 0.6) is 0 Å². The van der Waals surface area contributed by atoms with E-state index in [-0.39, 0.29) is 5.56 Å². The van der Waals surface area contributed by atoms with Gasteiger partial charge in [0.1, 0.15) is 17.3 Å². The molecule has 78 valence electrons. The third kappa shape index (κ3) is 2.07. The van der Waals surface area contributed by atoms with Crippen molar-refractivity contribution in [1.82, 2.24) is 4.98 Å². The zero-order valence-electron chi connectivity index (χ0n) is 7.70. The molecule has 1 rings (SSSR count). The summed E-state index contributed by atoms with van der Waals surface area (Å²) >= 11 is 0.